The highest BCUT2D eigenvalue weighted by Crippen LogP contribution is 2.34. The van der Waals surface area contributed by atoms with Crippen LogP contribution in [0.3, 0.4) is 0 Å². The van der Waals surface area contributed by atoms with Crippen molar-refractivity contribution in [1.29, 1.82) is 0 Å². The van der Waals surface area contributed by atoms with Crippen molar-refractivity contribution in [1.82, 2.24) is 0 Å². The quantitative estimate of drug-likeness (QED) is 0.690. The molecule has 0 aliphatic rings. The molecule has 0 aliphatic heterocycles. The lowest BCUT2D eigenvalue weighted by Gasteiger charge is -2.16. The Hall–Kier alpha value is -1.61. The molecule has 4 heteroatoms. The van der Waals surface area contributed by atoms with Crippen molar-refractivity contribution >= 4 is 11.6 Å². The van der Waals surface area contributed by atoms with E-state index in [0.717, 1.165) is 11.1 Å². The molecule has 0 heterocycles. The van der Waals surface area contributed by atoms with Crippen molar-refractivity contribution < 1.29 is 13.5 Å². The Kier molecular flexibility index (Phi) is 5.18. The van der Waals surface area contributed by atoms with Crippen molar-refractivity contribution in [3.8, 4) is 5.75 Å². The smallest absolute Gasteiger partial charge is 0.129 e. The summed E-state index contributed by atoms with van der Waals surface area (Å²) in [5, 5.41) is -0.558. The van der Waals surface area contributed by atoms with Crippen molar-refractivity contribution in [2.24, 2.45) is 0 Å². The Labute approximate surface area is 128 Å². The average Bonchev–Trinajstić information content (AvgIpc) is 2.45. The second-order valence-electron chi connectivity index (χ2n) is 4.85. The minimum absolute atomic E-state index is 0.00135. The third-order valence-electron chi connectivity index (χ3n) is 3.25. The van der Waals surface area contributed by atoms with E-state index >= 15 is 0 Å². The fourth-order valence-corrected chi connectivity index (χ4v) is 2.54. The van der Waals surface area contributed by atoms with E-state index in [-0.39, 0.29) is 12.0 Å². The first-order valence-electron chi connectivity index (χ1n) is 6.83. The summed E-state index contributed by atoms with van der Waals surface area (Å²) in [7, 11) is 0. The van der Waals surface area contributed by atoms with Crippen molar-refractivity contribution in [3.05, 3.63) is 64.7 Å². The predicted molar refractivity (Wildman–Crippen MR) is 81.0 cm³/mol. The molecule has 0 fully saturated rings. The molecule has 0 N–H and O–H groups in total. The zero-order chi connectivity index (χ0) is 15.4. The Morgan fingerprint density at radius 1 is 1.14 bits per heavy atom. The molecule has 0 aliphatic carbocycles. The van der Waals surface area contributed by atoms with Gasteiger partial charge in [-0.2, -0.15) is 0 Å². The van der Waals surface area contributed by atoms with Crippen LogP contribution in [0.2, 0.25) is 0 Å². The normalized spacial score (nSPS) is 12.2. The molecule has 112 valence electrons. The van der Waals surface area contributed by atoms with Gasteiger partial charge in [-0.05, 0) is 38.5 Å². The van der Waals surface area contributed by atoms with Gasteiger partial charge in [-0.25, -0.2) is 8.78 Å². The first-order valence-corrected chi connectivity index (χ1v) is 7.27. The van der Waals surface area contributed by atoms with E-state index in [1.165, 1.54) is 18.2 Å². The van der Waals surface area contributed by atoms with Gasteiger partial charge >= 0.3 is 0 Å². The molecule has 1 unspecified atom stereocenters. The van der Waals surface area contributed by atoms with Gasteiger partial charge in [0.15, 0.2) is 0 Å². The van der Waals surface area contributed by atoms with Crippen LogP contribution in [0.15, 0.2) is 36.4 Å². The molecule has 0 saturated carbocycles. The summed E-state index contributed by atoms with van der Waals surface area (Å²) in [5.41, 5.74) is 1.77. The van der Waals surface area contributed by atoms with Crippen molar-refractivity contribution in [2.45, 2.75) is 25.6 Å². The van der Waals surface area contributed by atoms with Gasteiger partial charge in [0.1, 0.15) is 17.4 Å². The van der Waals surface area contributed by atoms with E-state index in [0.29, 0.717) is 12.4 Å². The maximum absolute atomic E-state index is 13.7. The third-order valence-corrected chi connectivity index (χ3v) is 3.64. The second-order valence-corrected chi connectivity index (χ2v) is 5.37. The number of benzene rings is 2. The summed E-state index contributed by atoms with van der Waals surface area (Å²) in [6, 6.07) is 9.46. The van der Waals surface area contributed by atoms with Crippen molar-refractivity contribution in [2.75, 3.05) is 6.61 Å². The summed E-state index contributed by atoms with van der Waals surface area (Å²) < 4.78 is 33.0. The van der Waals surface area contributed by atoms with Gasteiger partial charge in [0.2, 0.25) is 0 Å². The summed E-state index contributed by atoms with van der Waals surface area (Å²) in [6.45, 7) is 4.32. The molecule has 21 heavy (non-hydrogen) atoms. The summed E-state index contributed by atoms with van der Waals surface area (Å²) in [6.07, 6.45) is 0.0730. The van der Waals surface area contributed by atoms with Gasteiger partial charge in [-0.3, -0.25) is 0 Å². The summed E-state index contributed by atoms with van der Waals surface area (Å²) >= 11 is 6.38. The number of hydrogen-bond donors (Lipinski definition) is 0. The minimum atomic E-state index is -0.578. The lowest BCUT2D eigenvalue weighted by Crippen LogP contribution is -2.05. The van der Waals surface area contributed by atoms with Crippen LogP contribution in [0, 0.1) is 18.6 Å². The SMILES string of the molecule is CCOc1ccc(C)cc1C(Cl)Cc1c(F)cccc1F. The molecule has 2 rings (SSSR count). The van der Waals surface area contributed by atoms with Gasteiger partial charge in [0.05, 0.1) is 12.0 Å². The zero-order valence-electron chi connectivity index (χ0n) is 12.0. The summed E-state index contributed by atoms with van der Waals surface area (Å²) in [4.78, 5) is 0. The monoisotopic (exact) mass is 310 g/mol. The highest BCUT2D eigenvalue weighted by atomic mass is 35.5. The Balaban J connectivity index is 2.32. The molecule has 2 aromatic rings. The standard InChI is InChI=1S/C17H17ClF2O/c1-3-21-17-8-7-11(2)9-12(17)14(18)10-13-15(19)5-4-6-16(13)20/h4-9,14H,3,10H2,1-2H3. The molecule has 1 atom stereocenters. The molecule has 2 aromatic carbocycles. The summed E-state index contributed by atoms with van der Waals surface area (Å²) in [5.74, 6) is -0.502. The minimum Gasteiger partial charge on any atom is -0.494 e. The molecule has 0 aromatic heterocycles. The van der Waals surface area contributed by atoms with Gasteiger partial charge in [-0.1, -0.05) is 23.8 Å². The Bertz CT molecular complexity index is 608. The second kappa shape index (κ2) is 6.90. The largest absolute Gasteiger partial charge is 0.494 e. The van der Waals surface area contributed by atoms with E-state index in [9.17, 15) is 8.78 Å². The maximum atomic E-state index is 13.7. The first-order chi connectivity index (χ1) is 10.0. The number of ether oxygens (including phenoxy) is 1. The molecular formula is C17H17ClF2O. The number of hydrogen-bond acceptors (Lipinski definition) is 1. The molecule has 0 radical (unpaired) electrons. The van der Waals surface area contributed by atoms with Gasteiger partial charge in [0.25, 0.3) is 0 Å². The molecule has 0 amide bonds. The van der Waals surface area contributed by atoms with Gasteiger partial charge in [-0.15, -0.1) is 11.6 Å². The molecule has 1 nitrogen and oxygen atoms in total. The highest BCUT2D eigenvalue weighted by molar-refractivity contribution is 6.21. The topological polar surface area (TPSA) is 9.23 Å². The number of aryl methyl sites for hydroxylation is 1. The zero-order valence-corrected chi connectivity index (χ0v) is 12.8. The van der Waals surface area contributed by atoms with Crippen LogP contribution in [-0.2, 0) is 6.42 Å². The fourth-order valence-electron chi connectivity index (χ4n) is 2.22. The van der Waals surface area contributed by atoms with Gasteiger partial charge in [0, 0.05) is 11.1 Å². The number of rotatable bonds is 5. The van der Waals surface area contributed by atoms with Crippen LogP contribution in [0.1, 0.15) is 29.0 Å². The Morgan fingerprint density at radius 2 is 1.81 bits per heavy atom. The fraction of sp³-hybridized carbons (Fsp3) is 0.294. The van der Waals surface area contributed by atoms with E-state index in [1.807, 2.05) is 32.0 Å². The molecule has 0 spiro atoms. The van der Waals surface area contributed by atoms with Crippen LogP contribution in [0.25, 0.3) is 0 Å². The lowest BCUT2D eigenvalue weighted by molar-refractivity contribution is 0.336. The molecule has 0 bridgehead atoms. The van der Waals surface area contributed by atoms with Gasteiger partial charge < -0.3 is 4.74 Å². The highest BCUT2D eigenvalue weighted by Gasteiger charge is 2.19. The number of alkyl halides is 1. The van der Waals surface area contributed by atoms with E-state index in [2.05, 4.69) is 0 Å². The van der Waals surface area contributed by atoms with Crippen LogP contribution < -0.4 is 4.74 Å². The first kappa shape index (κ1) is 15.8. The van der Waals surface area contributed by atoms with Crippen LogP contribution in [0.5, 0.6) is 5.75 Å². The van der Waals surface area contributed by atoms with E-state index < -0.39 is 17.0 Å². The van der Waals surface area contributed by atoms with E-state index in [4.69, 9.17) is 16.3 Å². The number of halogens is 3. The third kappa shape index (κ3) is 3.73. The van der Waals surface area contributed by atoms with E-state index in [1.54, 1.807) is 0 Å². The van der Waals surface area contributed by atoms with Crippen molar-refractivity contribution in [3.63, 3.8) is 0 Å². The molecule has 0 saturated heterocycles. The maximum Gasteiger partial charge on any atom is 0.129 e. The molecular weight excluding hydrogens is 294 g/mol. The Morgan fingerprint density at radius 3 is 2.43 bits per heavy atom. The average molecular weight is 311 g/mol. The van der Waals surface area contributed by atoms with Crippen LogP contribution >= 0.6 is 11.6 Å². The van der Waals surface area contributed by atoms with Crippen LogP contribution in [0.4, 0.5) is 8.78 Å². The lowest BCUT2D eigenvalue weighted by atomic mass is 10.0. The van der Waals surface area contributed by atoms with Crippen LogP contribution in [-0.4, -0.2) is 6.61 Å². The predicted octanol–water partition coefficient (Wildman–Crippen LogP) is 5.19.